The first kappa shape index (κ1) is 24.7. The summed E-state index contributed by atoms with van der Waals surface area (Å²) in [7, 11) is 3.35. The number of amides is 1. The van der Waals surface area contributed by atoms with Crippen molar-refractivity contribution in [3.63, 3.8) is 0 Å². The Morgan fingerprint density at radius 3 is 2.58 bits per heavy atom. The van der Waals surface area contributed by atoms with E-state index in [2.05, 4.69) is 26.0 Å². The molecule has 0 aliphatic heterocycles. The number of fused-ring (bicyclic) bond motifs is 1. The molecule has 0 bridgehead atoms. The van der Waals surface area contributed by atoms with E-state index in [4.69, 9.17) is 21.1 Å². The highest BCUT2D eigenvalue weighted by molar-refractivity contribution is 6.32. The van der Waals surface area contributed by atoms with Crippen LogP contribution in [-0.2, 0) is 6.42 Å². The highest BCUT2D eigenvalue weighted by Gasteiger charge is 2.18. The summed E-state index contributed by atoms with van der Waals surface area (Å²) in [5.74, 6) is 1.22. The lowest BCUT2D eigenvalue weighted by molar-refractivity contribution is 0.0827. The van der Waals surface area contributed by atoms with Crippen molar-refractivity contribution in [3.8, 4) is 29.5 Å². The molecule has 0 saturated carbocycles. The van der Waals surface area contributed by atoms with Gasteiger partial charge in [-0.1, -0.05) is 48.0 Å². The van der Waals surface area contributed by atoms with Crippen molar-refractivity contribution in [2.24, 2.45) is 0 Å². The summed E-state index contributed by atoms with van der Waals surface area (Å²) in [4.78, 5) is 30.6. The fraction of sp³-hybridized carbons (Fsp3) is 0.107. The first-order valence-electron chi connectivity index (χ1n) is 11.6. The number of hydrogen-bond acceptors (Lipinski definition) is 7. The number of nitrogens with zero attached hydrogens (tertiary/aromatic N) is 5. The molecule has 3 aromatic carbocycles. The average molecular weight is 525 g/mol. The van der Waals surface area contributed by atoms with Gasteiger partial charge in [0.1, 0.15) is 22.8 Å². The lowest BCUT2D eigenvalue weighted by Gasteiger charge is -2.12. The Hall–Kier alpha value is -4.94. The van der Waals surface area contributed by atoms with Gasteiger partial charge in [0.2, 0.25) is 0 Å². The van der Waals surface area contributed by atoms with Crippen LogP contribution in [0.15, 0.2) is 72.8 Å². The summed E-state index contributed by atoms with van der Waals surface area (Å²) in [5, 5.41) is 9.60. The number of carbonyl (C=O) groups excluding carboxylic acids is 1. The number of imidazole rings is 1. The van der Waals surface area contributed by atoms with Gasteiger partial charge in [0.15, 0.2) is 5.65 Å². The van der Waals surface area contributed by atoms with Crippen LogP contribution in [-0.4, -0.2) is 44.8 Å². The predicted molar refractivity (Wildman–Crippen MR) is 142 cm³/mol. The molecule has 38 heavy (non-hydrogen) atoms. The van der Waals surface area contributed by atoms with E-state index in [1.165, 1.54) is 11.0 Å². The Morgan fingerprint density at radius 2 is 1.82 bits per heavy atom. The molecule has 0 unspecified atom stereocenters. The molecular weight excluding hydrogens is 504 g/mol. The molecule has 0 radical (unpaired) electrons. The van der Waals surface area contributed by atoms with Crippen LogP contribution >= 0.6 is 11.6 Å². The standard InChI is InChI=1S/C28H21ClN6O3/c1-35(2)27(36)19-9-6-10-20(15-19)37-28-33-25-24(31-23(32-25)14-17-7-4-3-5-8-17)26(34-28)38-22-13-18(16-30)11-12-21(22)29/h3-13,15H,14H2,1-2H3,(H,31,32,33,34). The van der Waals surface area contributed by atoms with Gasteiger partial charge < -0.3 is 19.4 Å². The highest BCUT2D eigenvalue weighted by atomic mass is 35.5. The first-order chi connectivity index (χ1) is 18.4. The Labute approximate surface area is 223 Å². The Morgan fingerprint density at radius 1 is 1.00 bits per heavy atom. The number of benzene rings is 3. The van der Waals surface area contributed by atoms with Crippen LogP contribution in [0, 0.1) is 11.3 Å². The Bertz CT molecular complexity index is 1680. The van der Waals surface area contributed by atoms with Crippen molar-refractivity contribution in [2.45, 2.75) is 6.42 Å². The number of rotatable bonds is 7. The summed E-state index contributed by atoms with van der Waals surface area (Å²) in [6, 6.07) is 23.3. The summed E-state index contributed by atoms with van der Waals surface area (Å²) < 4.78 is 12.0. The lowest BCUT2D eigenvalue weighted by atomic mass is 10.1. The van der Waals surface area contributed by atoms with Gasteiger partial charge in [-0.2, -0.15) is 15.2 Å². The van der Waals surface area contributed by atoms with Gasteiger partial charge in [-0.3, -0.25) is 4.79 Å². The van der Waals surface area contributed by atoms with E-state index in [1.54, 1.807) is 50.5 Å². The number of aromatic nitrogens is 4. The molecule has 0 aliphatic rings. The summed E-state index contributed by atoms with van der Waals surface area (Å²) >= 11 is 6.34. The van der Waals surface area contributed by atoms with Gasteiger partial charge in [-0.25, -0.2) is 4.98 Å². The molecule has 10 heteroatoms. The number of carbonyl (C=O) groups is 1. The molecule has 2 aromatic heterocycles. The van der Waals surface area contributed by atoms with E-state index >= 15 is 0 Å². The molecule has 1 N–H and O–H groups in total. The summed E-state index contributed by atoms with van der Waals surface area (Å²) in [6.07, 6.45) is 0.534. The number of halogens is 1. The van der Waals surface area contributed by atoms with Gasteiger partial charge in [-0.15, -0.1) is 0 Å². The molecule has 1 amide bonds. The minimum absolute atomic E-state index is 0.0349. The van der Waals surface area contributed by atoms with Crippen LogP contribution in [0.4, 0.5) is 0 Å². The van der Waals surface area contributed by atoms with Crippen LogP contribution < -0.4 is 9.47 Å². The number of nitriles is 1. The van der Waals surface area contributed by atoms with Crippen LogP contribution in [0.2, 0.25) is 5.02 Å². The molecule has 188 valence electrons. The molecule has 5 aromatic rings. The quantitative estimate of drug-likeness (QED) is 0.288. The second kappa shape index (κ2) is 10.6. The van der Waals surface area contributed by atoms with Gasteiger partial charge in [0.25, 0.3) is 11.8 Å². The zero-order chi connectivity index (χ0) is 26.6. The van der Waals surface area contributed by atoms with Crippen LogP contribution in [0.25, 0.3) is 11.2 Å². The molecule has 2 heterocycles. The van der Waals surface area contributed by atoms with E-state index < -0.39 is 0 Å². The van der Waals surface area contributed by atoms with Crippen molar-refractivity contribution in [3.05, 3.63) is 100 Å². The predicted octanol–water partition coefficient (Wildman–Crippen LogP) is 5.76. The maximum Gasteiger partial charge on any atom is 0.327 e. The smallest absolute Gasteiger partial charge is 0.327 e. The number of aromatic amines is 1. The van der Waals surface area contributed by atoms with Crippen molar-refractivity contribution >= 4 is 28.7 Å². The van der Waals surface area contributed by atoms with E-state index in [1.807, 2.05) is 30.3 Å². The van der Waals surface area contributed by atoms with Crippen molar-refractivity contribution in [1.82, 2.24) is 24.8 Å². The second-order valence-corrected chi connectivity index (χ2v) is 8.95. The largest absolute Gasteiger partial charge is 0.435 e. The molecule has 0 spiro atoms. The highest BCUT2D eigenvalue weighted by Crippen LogP contribution is 2.34. The molecule has 5 rings (SSSR count). The van der Waals surface area contributed by atoms with E-state index in [-0.39, 0.29) is 23.5 Å². The van der Waals surface area contributed by atoms with Crippen LogP contribution in [0.3, 0.4) is 0 Å². The molecule has 0 saturated heterocycles. The van der Waals surface area contributed by atoms with E-state index in [9.17, 15) is 10.1 Å². The minimum Gasteiger partial charge on any atom is -0.435 e. The zero-order valence-electron chi connectivity index (χ0n) is 20.5. The van der Waals surface area contributed by atoms with Crippen molar-refractivity contribution in [1.29, 1.82) is 5.26 Å². The lowest BCUT2D eigenvalue weighted by Crippen LogP contribution is -2.21. The first-order valence-corrected chi connectivity index (χ1v) is 11.9. The van der Waals surface area contributed by atoms with E-state index in [0.29, 0.717) is 45.3 Å². The van der Waals surface area contributed by atoms with Crippen LogP contribution in [0.5, 0.6) is 23.4 Å². The summed E-state index contributed by atoms with van der Waals surface area (Å²) in [6.45, 7) is 0. The minimum atomic E-state index is -0.166. The van der Waals surface area contributed by atoms with Crippen molar-refractivity contribution < 1.29 is 14.3 Å². The zero-order valence-corrected chi connectivity index (χ0v) is 21.2. The molecule has 9 nitrogen and oxygen atoms in total. The number of nitrogens with one attached hydrogen (secondary N) is 1. The SMILES string of the molecule is CN(C)C(=O)c1cccc(Oc2nc(Oc3cc(C#N)ccc3Cl)c3[nH]c(Cc4ccccc4)nc3n2)c1. The molecule has 0 aliphatic carbocycles. The maximum atomic E-state index is 12.4. The molecular formula is C28H21ClN6O3. The number of H-pyrrole nitrogens is 1. The van der Waals surface area contributed by atoms with Gasteiger partial charge in [-0.05, 0) is 35.9 Å². The van der Waals surface area contributed by atoms with Gasteiger partial charge >= 0.3 is 6.01 Å². The molecule has 0 atom stereocenters. The topological polar surface area (TPSA) is 117 Å². The van der Waals surface area contributed by atoms with Crippen molar-refractivity contribution in [2.75, 3.05) is 14.1 Å². The third-order valence-corrected chi connectivity index (χ3v) is 5.84. The monoisotopic (exact) mass is 524 g/mol. The van der Waals surface area contributed by atoms with Gasteiger partial charge in [0.05, 0.1) is 16.7 Å². The molecule has 0 fully saturated rings. The average Bonchev–Trinajstić information content (AvgIpc) is 3.32. The van der Waals surface area contributed by atoms with E-state index in [0.717, 1.165) is 5.56 Å². The fourth-order valence-electron chi connectivity index (χ4n) is 3.70. The number of ether oxygens (including phenoxy) is 2. The van der Waals surface area contributed by atoms with Gasteiger partial charge in [0, 0.05) is 32.1 Å². The normalized spacial score (nSPS) is 10.7. The number of hydrogen-bond donors (Lipinski definition) is 1. The summed E-state index contributed by atoms with van der Waals surface area (Å²) in [5.41, 5.74) is 2.66. The third-order valence-electron chi connectivity index (χ3n) is 5.52. The second-order valence-electron chi connectivity index (χ2n) is 8.54. The Kier molecular flexibility index (Phi) is 6.89. The maximum absolute atomic E-state index is 12.4. The fourth-order valence-corrected chi connectivity index (χ4v) is 3.86. The Balaban J connectivity index is 1.55. The van der Waals surface area contributed by atoms with Crippen LogP contribution in [0.1, 0.15) is 27.3 Å². The third kappa shape index (κ3) is 5.40.